The highest BCUT2D eigenvalue weighted by molar-refractivity contribution is 9.10. The van der Waals surface area contributed by atoms with Gasteiger partial charge in [-0.15, -0.1) is 10.2 Å². The second kappa shape index (κ2) is 8.08. The van der Waals surface area contributed by atoms with Crippen LogP contribution in [0.3, 0.4) is 0 Å². The molecule has 2 aromatic carbocycles. The summed E-state index contributed by atoms with van der Waals surface area (Å²) in [5.74, 6) is 0.795. The van der Waals surface area contributed by atoms with Gasteiger partial charge in [0.05, 0.1) is 17.7 Å². The summed E-state index contributed by atoms with van der Waals surface area (Å²) in [5, 5.41) is 10.5. The lowest BCUT2D eigenvalue weighted by Gasteiger charge is -2.32. The van der Waals surface area contributed by atoms with Gasteiger partial charge in [0.25, 0.3) is 0 Å². The van der Waals surface area contributed by atoms with Crippen molar-refractivity contribution < 1.29 is 14.3 Å². The van der Waals surface area contributed by atoms with Crippen molar-refractivity contribution in [3.8, 4) is 17.1 Å². The molecule has 3 aromatic rings. The van der Waals surface area contributed by atoms with Gasteiger partial charge in [-0.2, -0.15) is 4.68 Å². The summed E-state index contributed by atoms with van der Waals surface area (Å²) in [6, 6.07) is 14.8. The number of rotatable bonds is 4. The fourth-order valence-corrected chi connectivity index (χ4v) is 4.39. The second-order valence-corrected chi connectivity index (χ2v) is 8.41. The van der Waals surface area contributed by atoms with E-state index in [1.54, 1.807) is 11.8 Å². The van der Waals surface area contributed by atoms with Crippen LogP contribution in [0.5, 0.6) is 5.75 Å². The van der Waals surface area contributed by atoms with Crippen LogP contribution in [0.25, 0.3) is 17.1 Å². The number of fused-ring (bicyclic) bond motifs is 1. The first kappa shape index (κ1) is 20.4. The molecule has 1 aliphatic heterocycles. The molecule has 0 fully saturated rings. The van der Waals surface area contributed by atoms with Gasteiger partial charge in [-0.25, -0.2) is 5.01 Å². The van der Waals surface area contributed by atoms with Gasteiger partial charge in [-0.05, 0) is 55.1 Å². The third-order valence-corrected chi connectivity index (χ3v) is 6.17. The molecule has 0 saturated heterocycles. The number of Topliss-reactive ketones (excluding diaryl/α,β-unsaturated/α-hetero) is 1. The van der Waals surface area contributed by atoms with Crippen molar-refractivity contribution in [2.75, 3.05) is 12.1 Å². The zero-order valence-corrected chi connectivity index (χ0v) is 18.8. The molecule has 1 aromatic heterocycles. The summed E-state index contributed by atoms with van der Waals surface area (Å²) < 4.78 is 7.78. The number of ether oxygens (including phenoxy) is 1. The van der Waals surface area contributed by atoms with E-state index >= 15 is 0 Å². The molecule has 0 N–H and O–H groups in total. The number of nitrogens with zero attached hydrogens (tertiary/aromatic N) is 4. The van der Waals surface area contributed by atoms with E-state index in [0.29, 0.717) is 27.3 Å². The Morgan fingerprint density at radius 1 is 0.967 bits per heavy atom. The van der Waals surface area contributed by atoms with Gasteiger partial charge < -0.3 is 4.74 Å². The Morgan fingerprint density at radius 3 is 2.17 bits per heavy atom. The SMILES string of the molecule is COc1ccc(-c2nnc3n2N(C(C)=O)C(c2ccc(Br)cc2)=C(C(C)=O)S3)cc1. The summed E-state index contributed by atoms with van der Waals surface area (Å²) >= 11 is 4.63. The van der Waals surface area contributed by atoms with Crippen LogP contribution in [-0.2, 0) is 9.59 Å². The number of carbonyl (C=O) groups is 2. The Hall–Kier alpha value is -2.91. The molecular formula is C21H17BrN4O3S. The number of aromatic nitrogens is 3. The third-order valence-electron chi connectivity index (χ3n) is 4.52. The van der Waals surface area contributed by atoms with Gasteiger partial charge >= 0.3 is 0 Å². The van der Waals surface area contributed by atoms with Crippen LogP contribution in [0.4, 0.5) is 0 Å². The number of amides is 1. The highest BCUT2D eigenvalue weighted by Gasteiger charge is 2.35. The summed E-state index contributed by atoms with van der Waals surface area (Å²) in [5.41, 5.74) is 2.02. The molecule has 4 rings (SSSR count). The van der Waals surface area contributed by atoms with E-state index in [0.717, 1.165) is 15.6 Å². The van der Waals surface area contributed by atoms with E-state index in [1.807, 2.05) is 48.5 Å². The Balaban J connectivity index is 1.92. The molecule has 2 heterocycles. The van der Waals surface area contributed by atoms with Crippen molar-refractivity contribution in [3.63, 3.8) is 0 Å². The fraction of sp³-hybridized carbons (Fsp3) is 0.143. The van der Waals surface area contributed by atoms with Gasteiger partial charge in [0.1, 0.15) is 5.75 Å². The minimum Gasteiger partial charge on any atom is -0.497 e. The van der Waals surface area contributed by atoms with Crippen LogP contribution in [0.15, 0.2) is 63.1 Å². The van der Waals surface area contributed by atoms with Crippen LogP contribution in [0.2, 0.25) is 0 Å². The maximum Gasteiger partial charge on any atom is 0.243 e. The quantitative estimate of drug-likeness (QED) is 0.550. The fourth-order valence-electron chi connectivity index (χ4n) is 3.16. The number of hydrogen-bond acceptors (Lipinski definition) is 6. The van der Waals surface area contributed by atoms with E-state index in [4.69, 9.17) is 4.74 Å². The second-order valence-electron chi connectivity index (χ2n) is 6.52. The summed E-state index contributed by atoms with van der Waals surface area (Å²) in [7, 11) is 1.60. The number of thioether (sulfide) groups is 1. The maximum absolute atomic E-state index is 12.8. The average molecular weight is 485 g/mol. The standard InChI is InChI=1S/C21H17BrN4O3S/c1-12(27)19-18(14-4-8-16(22)9-5-14)25(13(2)28)26-20(23-24-21(26)30-19)15-6-10-17(29-3)11-7-15/h4-11H,1-3H3. The molecular weight excluding hydrogens is 468 g/mol. The van der Waals surface area contributed by atoms with Crippen molar-refractivity contribution in [2.45, 2.75) is 19.0 Å². The highest BCUT2D eigenvalue weighted by atomic mass is 79.9. The number of allylic oxidation sites excluding steroid dienone is 1. The predicted molar refractivity (Wildman–Crippen MR) is 119 cm³/mol. The Labute approximate surface area is 185 Å². The van der Waals surface area contributed by atoms with Gasteiger partial charge in [0.15, 0.2) is 11.6 Å². The monoisotopic (exact) mass is 484 g/mol. The molecule has 0 aliphatic carbocycles. The van der Waals surface area contributed by atoms with Gasteiger partial charge in [-0.1, -0.05) is 28.1 Å². The van der Waals surface area contributed by atoms with Crippen molar-refractivity contribution in [2.24, 2.45) is 0 Å². The van der Waals surface area contributed by atoms with Crippen LogP contribution in [0, 0.1) is 0 Å². The lowest BCUT2D eigenvalue weighted by molar-refractivity contribution is -0.117. The average Bonchev–Trinajstić information content (AvgIpc) is 3.16. The molecule has 9 heteroatoms. The third kappa shape index (κ3) is 3.54. The topological polar surface area (TPSA) is 77.3 Å². The van der Waals surface area contributed by atoms with E-state index in [9.17, 15) is 9.59 Å². The zero-order chi connectivity index (χ0) is 21.4. The molecule has 0 bridgehead atoms. The summed E-state index contributed by atoms with van der Waals surface area (Å²) in [4.78, 5) is 25.7. The first-order valence-corrected chi connectivity index (χ1v) is 10.6. The number of halogens is 1. The largest absolute Gasteiger partial charge is 0.497 e. The maximum atomic E-state index is 12.8. The van der Waals surface area contributed by atoms with E-state index in [-0.39, 0.29) is 11.7 Å². The lowest BCUT2D eigenvalue weighted by Crippen LogP contribution is -2.41. The molecule has 0 atom stereocenters. The Morgan fingerprint density at radius 2 is 1.60 bits per heavy atom. The van der Waals surface area contributed by atoms with Gasteiger partial charge in [0.2, 0.25) is 11.1 Å². The van der Waals surface area contributed by atoms with E-state index < -0.39 is 0 Å². The molecule has 7 nitrogen and oxygen atoms in total. The molecule has 0 radical (unpaired) electrons. The van der Waals surface area contributed by atoms with Crippen molar-refractivity contribution >= 4 is 45.1 Å². The van der Waals surface area contributed by atoms with Crippen LogP contribution >= 0.6 is 27.7 Å². The first-order chi connectivity index (χ1) is 14.4. The van der Waals surface area contributed by atoms with Crippen LogP contribution < -0.4 is 9.75 Å². The van der Waals surface area contributed by atoms with E-state index in [2.05, 4.69) is 26.1 Å². The van der Waals surface area contributed by atoms with Crippen LogP contribution in [-0.4, -0.2) is 33.7 Å². The molecule has 0 saturated carbocycles. The molecule has 1 amide bonds. The molecule has 152 valence electrons. The summed E-state index contributed by atoms with van der Waals surface area (Å²) in [6.45, 7) is 2.93. The normalized spacial score (nSPS) is 13.3. The molecule has 1 aliphatic rings. The number of ketones is 1. The smallest absolute Gasteiger partial charge is 0.243 e. The van der Waals surface area contributed by atoms with E-state index in [1.165, 1.54) is 30.6 Å². The minimum absolute atomic E-state index is 0.149. The number of hydrogen-bond donors (Lipinski definition) is 0. The Kier molecular flexibility index (Phi) is 5.48. The van der Waals surface area contributed by atoms with Gasteiger partial charge in [0, 0.05) is 22.5 Å². The van der Waals surface area contributed by atoms with Crippen molar-refractivity contribution in [1.29, 1.82) is 0 Å². The number of benzene rings is 2. The lowest BCUT2D eigenvalue weighted by atomic mass is 10.1. The summed E-state index contributed by atoms with van der Waals surface area (Å²) in [6.07, 6.45) is 0. The predicted octanol–water partition coefficient (Wildman–Crippen LogP) is 4.26. The number of methoxy groups -OCH3 is 1. The first-order valence-electron chi connectivity index (χ1n) is 9.00. The molecule has 30 heavy (non-hydrogen) atoms. The van der Waals surface area contributed by atoms with Crippen molar-refractivity contribution in [3.05, 3.63) is 63.5 Å². The van der Waals surface area contributed by atoms with Crippen LogP contribution in [0.1, 0.15) is 19.4 Å². The van der Waals surface area contributed by atoms with Crippen molar-refractivity contribution in [1.82, 2.24) is 14.9 Å². The van der Waals surface area contributed by atoms with Gasteiger partial charge in [-0.3, -0.25) is 9.59 Å². The highest BCUT2D eigenvalue weighted by Crippen LogP contribution is 2.41. The number of carbonyl (C=O) groups excluding carboxylic acids is 2. The molecule has 0 spiro atoms. The zero-order valence-electron chi connectivity index (χ0n) is 16.4. The minimum atomic E-state index is -0.261. The molecule has 0 unspecified atom stereocenters. The Bertz CT molecular complexity index is 1170.